The molecule has 1 aliphatic rings. The molecule has 0 spiro atoms. The maximum Gasteiger partial charge on any atom is 0.432 e. The Morgan fingerprint density at radius 1 is 0.950 bits per heavy atom. The van der Waals surface area contributed by atoms with E-state index in [0.717, 1.165) is 0 Å². The Balaban J connectivity index is 2.40. The number of halogens is 6. The second-order valence-electron chi connectivity index (χ2n) is 3.90. The summed E-state index contributed by atoms with van der Waals surface area (Å²) < 4.78 is 76.3. The summed E-state index contributed by atoms with van der Waals surface area (Å²) in [6.07, 6.45) is -5.74. The molecule has 4 nitrogen and oxygen atoms in total. The Labute approximate surface area is 109 Å². The minimum Gasteiger partial charge on any atom is -0.368 e. The van der Waals surface area contributed by atoms with E-state index in [4.69, 9.17) is 5.11 Å². The van der Waals surface area contributed by atoms with Crippen molar-refractivity contribution < 1.29 is 31.4 Å². The first kappa shape index (κ1) is 15.1. The quantitative estimate of drug-likeness (QED) is 0.847. The highest BCUT2D eigenvalue weighted by atomic mass is 19.4. The largest absolute Gasteiger partial charge is 0.432 e. The summed E-state index contributed by atoms with van der Waals surface area (Å²) in [5, 5.41) is 15.1. The van der Waals surface area contributed by atoms with Gasteiger partial charge >= 0.3 is 18.0 Å². The fraction of sp³-hybridized carbons (Fsp3) is 0.300. The van der Waals surface area contributed by atoms with Crippen LogP contribution in [-0.4, -0.2) is 32.5 Å². The van der Waals surface area contributed by atoms with Crippen molar-refractivity contribution in [2.24, 2.45) is 0 Å². The summed E-state index contributed by atoms with van der Waals surface area (Å²) in [6, 6.07) is 0.218. The number of rotatable bonds is 2. The van der Waals surface area contributed by atoms with Crippen LogP contribution in [0, 0.1) is 31.7 Å². The highest BCUT2D eigenvalue weighted by Crippen LogP contribution is 2.49. The van der Waals surface area contributed by atoms with Crippen LogP contribution in [0.15, 0.2) is 6.20 Å². The van der Waals surface area contributed by atoms with Gasteiger partial charge in [-0.25, -0.2) is 4.68 Å². The predicted octanol–water partition coefficient (Wildman–Crippen LogP) is 1.80. The molecule has 109 valence electrons. The SMILES string of the molecule is OC(c1cn([C]2[CH][CH][CH][CH]2)nn1)(C(F)(F)F)C(F)(F)F. The third-order valence-electron chi connectivity index (χ3n) is 2.59. The molecule has 0 bridgehead atoms. The minimum absolute atomic E-state index is 0.218. The molecular weight excluding hydrogens is 292 g/mol. The van der Waals surface area contributed by atoms with E-state index in [1.807, 2.05) is 0 Å². The van der Waals surface area contributed by atoms with Gasteiger partial charge in [-0.15, -0.1) is 5.10 Å². The normalized spacial score (nSPS) is 18.8. The van der Waals surface area contributed by atoms with E-state index in [2.05, 4.69) is 10.3 Å². The third kappa shape index (κ3) is 2.25. The maximum absolute atomic E-state index is 12.6. The molecule has 5 radical (unpaired) electrons. The van der Waals surface area contributed by atoms with Crippen LogP contribution >= 0.6 is 0 Å². The van der Waals surface area contributed by atoms with Crippen LogP contribution in [0.5, 0.6) is 0 Å². The van der Waals surface area contributed by atoms with Gasteiger partial charge in [0.05, 0.1) is 12.2 Å². The molecule has 0 amide bonds. The van der Waals surface area contributed by atoms with Gasteiger partial charge in [-0.05, 0) is 25.7 Å². The van der Waals surface area contributed by atoms with Crippen LogP contribution < -0.4 is 0 Å². The van der Waals surface area contributed by atoms with Crippen molar-refractivity contribution in [2.75, 3.05) is 0 Å². The van der Waals surface area contributed by atoms with E-state index in [0.29, 0.717) is 10.9 Å². The standard InChI is InChI=1S/C10H6F6N3O/c11-9(12,13)8(20,10(14,15)16)7-5-19(18-17-7)6-3-1-2-4-6/h1-5,20H. The summed E-state index contributed by atoms with van der Waals surface area (Å²) >= 11 is 0. The number of hydrogen-bond acceptors (Lipinski definition) is 3. The van der Waals surface area contributed by atoms with Crippen molar-refractivity contribution in [3.8, 4) is 0 Å². The zero-order valence-corrected chi connectivity index (χ0v) is 9.44. The molecule has 20 heavy (non-hydrogen) atoms. The van der Waals surface area contributed by atoms with Gasteiger partial charge in [0, 0.05) is 0 Å². The van der Waals surface area contributed by atoms with Crippen molar-refractivity contribution in [3.63, 3.8) is 0 Å². The van der Waals surface area contributed by atoms with Crippen molar-refractivity contribution in [3.05, 3.63) is 43.6 Å². The Morgan fingerprint density at radius 2 is 1.45 bits per heavy atom. The number of hydrogen-bond donors (Lipinski definition) is 1. The van der Waals surface area contributed by atoms with Crippen molar-refractivity contribution in [1.29, 1.82) is 0 Å². The molecule has 0 aromatic carbocycles. The van der Waals surface area contributed by atoms with E-state index in [1.54, 1.807) is 0 Å². The summed E-state index contributed by atoms with van der Waals surface area (Å²) in [4.78, 5) is 0. The van der Waals surface area contributed by atoms with Gasteiger partial charge in [-0.1, -0.05) is 5.21 Å². The van der Waals surface area contributed by atoms with Crippen LogP contribution in [0.25, 0.3) is 0 Å². The van der Waals surface area contributed by atoms with E-state index in [1.165, 1.54) is 25.7 Å². The summed E-state index contributed by atoms with van der Waals surface area (Å²) in [7, 11) is 0. The lowest BCUT2D eigenvalue weighted by molar-refractivity contribution is -0.377. The highest BCUT2D eigenvalue weighted by Gasteiger charge is 2.73. The topological polar surface area (TPSA) is 50.9 Å². The van der Waals surface area contributed by atoms with E-state index in [9.17, 15) is 26.3 Å². The molecule has 0 unspecified atom stereocenters. The van der Waals surface area contributed by atoms with E-state index >= 15 is 0 Å². The fourth-order valence-corrected chi connectivity index (χ4v) is 1.52. The molecule has 1 aliphatic carbocycles. The summed E-state index contributed by atoms with van der Waals surface area (Å²) in [5.74, 6) is 0. The number of aliphatic hydroxyl groups is 1. The molecule has 2 rings (SSSR count). The van der Waals surface area contributed by atoms with Gasteiger partial charge in [0.2, 0.25) is 0 Å². The van der Waals surface area contributed by atoms with E-state index < -0.39 is 23.6 Å². The second-order valence-corrected chi connectivity index (χ2v) is 3.90. The van der Waals surface area contributed by atoms with Gasteiger partial charge in [0.1, 0.15) is 5.69 Å². The van der Waals surface area contributed by atoms with E-state index in [-0.39, 0.29) is 6.04 Å². The van der Waals surface area contributed by atoms with Crippen LogP contribution in [0.1, 0.15) is 5.69 Å². The summed E-state index contributed by atoms with van der Waals surface area (Å²) in [5.41, 5.74) is -6.70. The smallest absolute Gasteiger partial charge is 0.368 e. The van der Waals surface area contributed by atoms with Crippen molar-refractivity contribution in [2.45, 2.75) is 18.0 Å². The Hall–Kier alpha value is -1.32. The Bertz CT molecular complexity index is 460. The molecule has 1 aromatic rings. The fourth-order valence-electron chi connectivity index (χ4n) is 1.52. The molecule has 0 aliphatic heterocycles. The average molecular weight is 298 g/mol. The van der Waals surface area contributed by atoms with Crippen LogP contribution in [0.3, 0.4) is 0 Å². The molecule has 1 fully saturated rings. The first-order valence-corrected chi connectivity index (χ1v) is 5.08. The Morgan fingerprint density at radius 3 is 1.90 bits per heavy atom. The minimum atomic E-state index is -5.97. The van der Waals surface area contributed by atoms with Crippen LogP contribution in [0.2, 0.25) is 0 Å². The predicted molar refractivity (Wildman–Crippen MR) is 51.9 cm³/mol. The van der Waals surface area contributed by atoms with Crippen molar-refractivity contribution >= 4 is 0 Å². The second kappa shape index (κ2) is 4.61. The number of nitrogens with zero attached hydrogens (tertiary/aromatic N) is 3. The van der Waals surface area contributed by atoms with Gasteiger partial charge in [0.25, 0.3) is 0 Å². The molecule has 1 heterocycles. The number of alkyl halides is 6. The molecule has 1 saturated carbocycles. The zero-order valence-electron chi connectivity index (χ0n) is 9.44. The highest BCUT2D eigenvalue weighted by molar-refractivity contribution is 5.35. The molecule has 0 atom stereocenters. The molecule has 10 heteroatoms. The molecular formula is C10H6F6N3O. The van der Waals surface area contributed by atoms with Crippen molar-refractivity contribution in [1.82, 2.24) is 15.0 Å². The lowest BCUT2D eigenvalue weighted by Gasteiger charge is -2.30. The average Bonchev–Trinajstić information content (AvgIpc) is 2.95. The lowest BCUT2D eigenvalue weighted by Crippen LogP contribution is -2.54. The third-order valence-corrected chi connectivity index (χ3v) is 2.59. The van der Waals surface area contributed by atoms with Gasteiger partial charge < -0.3 is 5.11 Å². The van der Waals surface area contributed by atoms with Gasteiger partial charge in [-0.3, -0.25) is 0 Å². The maximum atomic E-state index is 12.6. The first-order chi connectivity index (χ1) is 9.07. The zero-order chi connectivity index (χ0) is 15.2. The lowest BCUT2D eigenvalue weighted by atomic mass is 9.99. The van der Waals surface area contributed by atoms with Gasteiger partial charge in [-0.2, -0.15) is 26.3 Å². The van der Waals surface area contributed by atoms with Crippen LogP contribution in [0.4, 0.5) is 26.3 Å². The van der Waals surface area contributed by atoms with Crippen LogP contribution in [-0.2, 0) is 5.60 Å². The molecule has 1 N–H and O–H groups in total. The first-order valence-electron chi connectivity index (χ1n) is 5.08. The number of aromatic nitrogens is 3. The summed E-state index contributed by atoms with van der Waals surface area (Å²) in [6.45, 7) is 0. The monoisotopic (exact) mass is 298 g/mol. The van der Waals surface area contributed by atoms with Gasteiger partial charge in [0.15, 0.2) is 0 Å². The molecule has 0 saturated heterocycles. The molecule has 1 aromatic heterocycles. The Kier molecular flexibility index (Phi) is 3.47.